The van der Waals surface area contributed by atoms with E-state index in [1.54, 1.807) is 0 Å². The van der Waals surface area contributed by atoms with Gasteiger partial charge in [-0.25, -0.2) is 4.79 Å². The van der Waals surface area contributed by atoms with Crippen LogP contribution >= 0.6 is 11.3 Å². The first kappa shape index (κ1) is 13.9. The van der Waals surface area contributed by atoms with Gasteiger partial charge in [-0.15, -0.1) is 11.3 Å². The van der Waals surface area contributed by atoms with Crippen molar-refractivity contribution in [1.82, 2.24) is 5.32 Å². The Labute approximate surface area is 128 Å². The number of nitrogens with one attached hydrogen (secondary N) is 2. The number of carbonyl (C=O) groups excluding carboxylic acids is 1. The first-order valence-electron chi connectivity index (χ1n) is 7.06. The lowest BCUT2D eigenvalue weighted by Crippen LogP contribution is -2.37. The maximum atomic E-state index is 11.9. The summed E-state index contributed by atoms with van der Waals surface area (Å²) in [5.41, 5.74) is 2.49. The molecule has 0 unspecified atom stereocenters. The van der Waals surface area contributed by atoms with E-state index in [0.29, 0.717) is 0 Å². The molecule has 2 heterocycles. The number of thiophene rings is 1. The summed E-state index contributed by atoms with van der Waals surface area (Å²) in [6, 6.07) is 9.98. The highest BCUT2D eigenvalue weighted by Crippen LogP contribution is 2.26. The molecule has 0 spiro atoms. The Balaban J connectivity index is 1.54. The number of ether oxygens (including phenoxy) is 1. The summed E-state index contributed by atoms with van der Waals surface area (Å²) in [6.07, 6.45) is 1.79. The molecule has 1 aliphatic rings. The highest BCUT2D eigenvalue weighted by Gasteiger charge is 2.14. The number of anilines is 1. The van der Waals surface area contributed by atoms with Crippen molar-refractivity contribution < 1.29 is 9.53 Å². The lowest BCUT2D eigenvalue weighted by molar-refractivity contribution is 0.249. The summed E-state index contributed by atoms with van der Waals surface area (Å²) in [5.74, 6) is 0.995. The molecular weight excluding hydrogens is 284 g/mol. The van der Waals surface area contributed by atoms with Crippen LogP contribution in [-0.4, -0.2) is 18.7 Å². The average Bonchev–Trinajstić information content (AvgIpc) is 3.08. The van der Waals surface area contributed by atoms with Gasteiger partial charge in [-0.3, -0.25) is 5.32 Å². The van der Waals surface area contributed by atoms with Gasteiger partial charge in [0.1, 0.15) is 5.75 Å². The van der Waals surface area contributed by atoms with Gasteiger partial charge in [-0.2, -0.15) is 0 Å². The third-order valence-corrected chi connectivity index (χ3v) is 4.22. The van der Waals surface area contributed by atoms with Crippen molar-refractivity contribution in [3.8, 4) is 5.75 Å². The number of hydrogen-bond acceptors (Lipinski definition) is 3. The molecule has 1 aliphatic heterocycles. The van der Waals surface area contributed by atoms with Crippen LogP contribution in [0.1, 0.15) is 18.1 Å². The van der Waals surface area contributed by atoms with E-state index in [1.165, 1.54) is 22.5 Å². The van der Waals surface area contributed by atoms with E-state index >= 15 is 0 Å². The van der Waals surface area contributed by atoms with Crippen LogP contribution in [0.2, 0.25) is 0 Å². The van der Waals surface area contributed by atoms with Crippen LogP contribution in [0, 0.1) is 0 Å². The maximum Gasteiger partial charge on any atom is 0.320 e. The van der Waals surface area contributed by atoms with Crippen LogP contribution in [0.4, 0.5) is 9.80 Å². The van der Waals surface area contributed by atoms with Gasteiger partial charge in [0.15, 0.2) is 0 Å². The van der Waals surface area contributed by atoms with Crippen molar-refractivity contribution in [2.45, 2.75) is 25.8 Å². The van der Waals surface area contributed by atoms with Gasteiger partial charge >= 0.3 is 6.03 Å². The molecule has 0 saturated heterocycles. The van der Waals surface area contributed by atoms with Crippen molar-refractivity contribution in [2.75, 3.05) is 11.9 Å². The summed E-state index contributed by atoms with van der Waals surface area (Å²) in [7, 11) is 0. The Bertz CT molecular complexity index is 625. The van der Waals surface area contributed by atoms with Gasteiger partial charge in [0.05, 0.1) is 11.6 Å². The second kappa shape index (κ2) is 6.18. The van der Waals surface area contributed by atoms with Gasteiger partial charge in [0, 0.05) is 12.5 Å². The van der Waals surface area contributed by atoms with Crippen LogP contribution in [0.5, 0.6) is 5.75 Å². The summed E-state index contributed by atoms with van der Waals surface area (Å²) in [5, 5.41) is 8.58. The normalized spacial score (nSPS) is 14.1. The largest absolute Gasteiger partial charge is 0.493 e. The summed E-state index contributed by atoms with van der Waals surface area (Å²) < 4.78 is 5.50. The van der Waals surface area contributed by atoms with Crippen molar-refractivity contribution in [3.05, 3.63) is 46.8 Å². The molecule has 1 aromatic carbocycles. The molecular formula is C16H18N2O2S. The monoisotopic (exact) mass is 302 g/mol. The van der Waals surface area contributed by atoms with Crippen molar-refractivity contribution in [1.29, 1.82) is 0 Å². The summed E-state index contributed by atoms with van der Waals surface area (Å²) >= 11 is 1.51. The number of fused-ring (bicyclic) bond motifs is 1. The SMILES string of the molecule is C[C@H](Cc1ccc2c(c1)CCO2)NC(=O)Nc1cccs1. The molecule has 2 N–H and O–H groups in total. The molecule has 0 aliphatic carbocycles. The number of benzene rings is 1. The minimum absolute atomic E-state index is 0.0744. The Hall–Kier alpha value is -2.01. The highest BCUT2D eigenvalue weighted by atomic mass is 32.1. The Morgan fingerprint density at radius 1 is 1.43 bits per heavy atom. The fourth-order valence-corrected chi connectivity index (χ4v) is 3.11. The molecule has 1 atom stereocenters. The molecule has 3 rings (SSSR count). The fraction of sp³-hybridized carbons (Fsp3) is 0.312. The molecule has 110 valence electrons. The van der Waals surface area contributed by atoms with Crippen molar-refractivity contribution in [3.63, 3.8) is 0 Å². The average molecular weight is 302 g/mol. The molecule has 0 saturated carbocycles. The fourth-order valence-electron chi connectivity index (χ4n) is 2.49. The van der Waals surface area contributed by atoms with E-state index in [2.05, 4.69) is 22.8 Å². The zero-order valence-corrected chi connectivity index (χ0v) is 12.7. The van der Waals surface area contributed by atoms with Gasteiger partial charge < -0.3 is 10.1 Å². The van der Waals surface area contributed by atoms with Crippen molar-refractivity contribution >= 4 is 22.4 Å². The molecule has 0 radical (unpaired) electrons. The lowest BCUT2D eigenvalue weighted by Gasteiger charge is -2.14. The standard InChI is InChI=1S/C16H18N2O2S/c1-11(17-16(19)18-15-3-2-8-21-15)9-12-4-5-14-13(10-12)6-7-20-14/h2-5,8,10-11H,6-7,9H2,1H3,(H2,17,18,19)/t11-/m1/s1. The summed E-state index contributed by atoms with van der Waals surface area (Å²) in [4.78, 5) is 11.9. The lowest BCUT2D eigenvalue weighted by atomic mass is 10.0. The smallest absolute Gasteiger partial charge is 0.320 e. The van der Waals surface area contributed by atoms with Crippen LogP contribution in [-0.2, 0) is 12.8 Å². The number of carbonyl (C=O) groups is 1. The number of hydrogen-bond donors (Lipinski definition) is 2. The van der Waals surface area contributed by atoms with Gasteiger partial charge in [-0.05, 0) is 48.1 Å². The van der Waals surface area contributed by atoms with Gasteiger partial charge in [-0.1, -0.05) is 12.1 Å². The van der Waals surface area contributed by atoms with Crippen LogP contribution in [0.15, 0.2) is 35.7 Å². The molecule has 0 fully saturated rings. The predicted octanol–water partition coefficient (Wildman–Crippen LogP) is 3.44. The maximum absolute atomic E-state index is 11.9. The Morgan fingerprint density at radius 2 is 2.33 bits per heavy atom. The van der Waals surface area contributed by atoms with E-state index in [1.807, 2.05) is 30.5 Å². The molecule has 21 heavy (non-hydrogen) atoms. The first-order valence-corrected chi connectivity index (χ1v) is 7.94. The molecule has 1 aromatic heterocycles. The molecule has 5 heteroatoms. The molecule has 2 aromatic rings. The Kier molecular flexibility index (Phi) is 4.10. The van der Waals surface area contributed by atoms with Crippen molar-refractivity contribution in [2.24, 2.45) is 0 Å². The molecule has 0 bridgehead atoms. The zero-order valence-electron chi connectivity index (χ0n) is 11.9. The number of amides is 2. The second-order valence-corrected chi connectivity index (χ2v) is 6.17. The van der Waals surface area contributed by atoms with Crippen LogP contribution in [0.3, 0.4) is 0 Å². The van der Waals surface area contributed by atoms with E-state index in [4.69, 9.17) is 4.74 Å². The minimum Gasteiger partial charge on any atom is -0.493 e. The highest BCUT2D eigenvalue weighted by molar-refractivity contribution is 7.14. The summed E-state index contributed by atoms with van der Waals surface area (Å²) in [6.45, 7) is 2.79. The zero-order chi connectivity index (χ0) is 14.7. The van der Waals surface area contributed by atoms with Crippen LogP contribution in [0.25, 0.3) is 0 Å². The minimum atomic E-state index is -0.158. The van der Waals surface area contributed by atoms with Crippen LogP contribution < -0.4 is 15.4 Å². The van der Waals surface area contributed by atoms with E-state index in [0.717, 1.165) is 30.2 Å². The number of rotatable bonds is 4. The quantitative estimate of drug-likeness (QED) is 0.909. The topological polar surface area (TPSA) is 50.4 Å². The third-order valence-electron chi connectivity index (χ3n) is 3.43. The Morgan fingerprint density at radius 3 is 3.14 bits per heavy atom. The van der Waals surface area contributed by atoms with Gasteiger partial charge in [0.2, 0.25) is 0 Å². The predicted molar refractivity (Wildman–Crippen MR) is 85.3 cm³/mol. The molecule has 4 nitrogen and oxygen atoms in total. The molecule has 2 amide bonds. The first-order chi connectivity index (χ1) is 10.2. The second-order valence-electron chi connectivity index (χ2n) is 5.22. The number of urea groups is 1. The third kappa shape index (κ3) is 3.55. The van der Waals surface area contributed by atoms with E-state index < -0.39 is 0 Å². The van der Waals surface area contributed by atoms with E-state index in [-0.39, 0.29) is 12.1 Å². The van der Waals surface area contributed by atoms with E-state index in [9.17, 15) is 4.79 Å². The van der Waals surface area contributed by atoms with Gasteiger partial charge in [0.25, 0.3) is 0 Å².